The standard InChI is InChI=1S/C24H25ClN2O4S/c1-16-4-5-17(2)23(14-16)27-32(29,30)22-12-10-21(11-13-22)31-15-24(28)26-18(3)19-6-8-20(25)9-7-19/h4-14,18,27H,15H2,1-3H3,(H,26,28)/t18-/m1/s1. The summed E-state index contributed by atoms with van der Waals surface area (Å²) in [6, 6.07) is 18.5. The number of benzene rings is 3. The van der Waals surface area contributed by atoms with E-state index in [1.807, 2.05) is 45.0 Å². The molecule has 1 atom stereocenters. The van der Waals surface area contributed by atoms with Crippen LogP contribution in [-0.4, -0.2) is 20.9 Å². The first-order chi connectivity index (χ1) is 15.1. The molecule has 3 aromatic carbocycles. The highest BCUT2D eigenvalue weighted by atomic mass is 35.5. The summed E-state index contributed by atoms with van der Waals surface area (Å²) in [6.45, 7) is 5.41. The van der Waals surface area contributed by atoms with Crippen LogP contribution >= 0.6 is 11.6 Å². The number of halogens is 1. The van der Waals surface area contributed by atoms with Gasteiger partial charge < -0.3 is 10.1 Å². The lowest BCUT2D eigenvalue weighted by molar-refractivity contribution is -0.123. The van der Waals surface area contributed by atoms with Crippen molar-refractivity contribution in [2.75, 3.05) is 11.3 Å². The van der Waals surface area contributed by atoms with E-state index in [4.69, 9.17) is 16.3 Å². The maximum absolute atomic E-state index is 12.7. The third-order valence-electron chi connectivity index (χ3n) is 4.89. The van der Waals surface area contributed by atoms with Crippen LogP contribution in [0.15, 0.2) is 71.6 Å². The number of hydrogen-bond donors (Lipinski definition) is 2. The molecule has 0 fully saturated rings. The van der Waals surface area contributed by atoms with Gasteiger partial charge in [-0.1, -0.05) is 35.9 Å². The fourth-order valence-corrected chi connectivity index (χ4v) is 4.28. The van der Waals surface area contributed by atoms with E-state index in [1.54, 1.807) is 18.2 Å². The quantitative estimate of drug-likeness (QED) is 0.482. The lowest BCUT2D eigenvalue weighted by atomic mass is 10.1. The number of aryl methyl sites for hydroxylation is 2. The van der Waals surface area contributed by atoms with E-state index in [0.29, 0.717) is 16.5 Å². The van der Waals surface area contributed by atoms with E-state index in [-0.39, 0.29) is 23.5 Å². The molecule has 3 aromatic rings. The van der Waals surface area contributed by atoms with Crippen molar-refractivity contribution in [2.24, 2.45) is 0 Å². The van der Waals surface area contributed by atoms with Crippen molar-refractivity contribution in [3.8, 4) is 5.75 Å². The minimum absolute atomic E-state index is 0.103. The SMILES string of the molecule is Cc1ccc(C)c(NS(=O)(=O)c2ccc(OCC(=O)N[C@H](C)c3ccc(Cl)cc3)cc2)c1. The Hall–Kier alpha value is -3.03. The molecule has 0 aliphatic carbocycles. The molecule has 0 aromatic heterocycles. The number of amides is 1. The Morgan fingerprint density at radius 1 is 1.00 bits per heavy atom. The van der Waals surface area contributed by atoms with Gasteiger partial charge in [-0.05, 0) is 79.9 Å². The van der Waals surface area contributed by atoms with Gasteiger partial charge in [0.25, 0.3) is 15.9 Å². The summed E-state index contributed by atoms with van der Waals surface area (Å²) in [5.41, 5.74) is 3.25. The van der Waals surface area contributed by atoms with Gasteiger partial charge in [-0.15, -0.1) is 0 Å². The van der Waals surface area contributed by atoms with Gasteiger partial charge in [0.05, 0.1) is 16.6 Å². The second-order valence-corrected chi connectivity index (χ2v) is 9.64. The maximum atomic E-state index is 12.7. The molecule has 0 aliphatic heterocycles. The van der Waals surface area contributed by atoms with Gasteiger partial charge in [-0.25, -0.2) is 8.42 Å². The van der Waals surface area contributed by atoms with E-state index in [2.05, 4.69) is 10.0 Å². The van der Waals surface area contributed by atoms with Crippen LogP contribution in [-0.2, 0) is 14.8 Å². The Morgan fingerprint density at radius 2 is 1.66 bits per heavy atom. The molecular formula is C24H25ClN2O4S. The minimum atomic E-state index is -3.74. The summed E-state index contributed by atoms with van der Waals surface area (Å²) in [7, 11) is -3.74. The van der Waals surface area contributed by atoms with Crippen LogP contribution in [0, 0.1) is 13.8 Å². The number of carbonyl (C=O) groups is 1. The van der Waals surface area contributed by atoms with Gasteiger partial charge in [0.2, 0.25) is 0 Å². The molecule has 0 saturated heterocycles. The first kappa shape index (κ1) is 23.6. The predicted octanol–water partition coefficient (Wildman–Crippen LogP) is 5.01. The van der Waals surface area contributed by atoms with Crippen molar-refractivity contribution in [2.45, 2.75) is 31.7 Å². The van der Waals surface area contributed by atoms with E-state index >= 15 is 0 Å². The molecule has 3 rings (SSSR count). The number of nitrogens with one attached hydrogen (secondary N) is 2. The zero-order valence-corrected chi connectivity index (χ0v) is 19.6. The molecule has 8 heteroatoms. The fraction of sp³-hybridized carbons (Fsp3) is 0.208. The lowest BCUT2D eigenvalue weighted by Crippen LogP contribution is -2.31. The van der Waals surface area contributed by atoms with Crippen LogP contribution in [0.2, 0.25) is 5.02 Å². The maximum Gasteiger partial charge on any atom is 0.261 e. The molecule has 0 spiro atoms. The second kappa shape index (κ2) is 10.1. The van der Waals surface area contributed by atoms with Crippen molar-refractivity contribution < 1.29 is 17.9 Å². The van der Waals surface area contributed by atoms with Crippen molar-refractivity contribution in [1.82, 2.24) is 5.32 Å². The number of ether oxygens (including phenoxy) is 1. The van der Waals surface area contributed by atoms with Crippen molar-refractivity contribution in [3.05, 3.63) is 88.4 Å². The van der Waals surface area contributed by atoms with Crippen molar-refractivity contribution in [1.29, 1.82) is 0 Å². The lowest BCUT2D eigenvalue weighted by Gasteiger charge is -2.15. The molecule has 0 heterocycles. The molecule has 0 radical (unpaired) electrons. The number of anilines is 1. The Bertz CT molecular complexity index is 1190. The molecule has 0 saturated carbocycles. The summed E-state index contributed by atoms with van der Waals surface area (Å²) >= 11 is 5.88. The Morgan fingerprint density at radius 3 is 2.31 bits per heavy atom. The smallest absolute Gasteiger partial charge is 0.261 e. The summed E-state index contributed by atoms with van der Waals surface area (Å²) in [5.74, 6) is 0.103. The van der Waals surface area contributed by atoms with Gasteiger partial charge in [-0.2, -0.15) is 0 Å². The summed E-state index contributed by atoms with van der Waals surface area (Å²) in [6.07, 6.45) is 0. The molecule has 6 nitrogen and oxygen atoms in total. The minimum Gasteiger partial charge on any atom is -0.484 e. The van der Waals surface area contributed by atoms with E-state index in [0.717, 1.165) is 16.7 Å². The third-order valence-corrected chi connectivity index (χ3v) is 6.52. The van der Waals surface area contributed by atoms with Crippen LogP contribution in [0.1, 0.15) is 29.7 Å². The number of sulfonamides is 1. The summed E-state index contributed by atoms with van der Waals surface area (Å²) in [4.78, 5) is 12.3. The molecule has 32 heavy (non-hydrogen) atoms. The molecule has 1 amide bonds. The topological polar surface area (TPSA) is 84.5 Å². The summed E-state index contributed by atoms with van der Waals surface area (Å²) in [5, 5.41) is 3.48. The highest BCUT2D eigenvalue weighted by Gasteiger charge is 2.16. The number of hydrogen-bond acceptors (Lipinski definition) is 4. The monoisotopic (exact) mass is 472 g/mol. The van der Waals surface area contributed by atoms with E-state index < -0.39 is 10.0 Å². The zero-order chi connectivity index (χ0) is 23.3. The van der Waals surface area contributed by atoms with Gasteiger partial charge in [0.15, 0.2) is 6.61 Å². The van der Waals surface area contributed by atoms with Gasteiger partial charge in [0.1, 0.15) is 5.75 Å². The summed E-state index contributed by atoms with van der Waals surface area (Å²) < 4.78 is 33.5. The molecule has 0 bridgehead atoms. The van der Waals surface area contributed by atoms with E-state index in [9.17, 15) is 13.2 Å². The Balaban J connectivity index is 1.57. The van der Waals surface area contributed by atoms with Crippen LogP contribution in [0.3, 0.4) is 0 Å². The van der Waals surface area contributed by atoms with Crippen molar-refractivity contribution >= 4 is 33.2 Å². The van der Waals surface area contributed by atoms with Gasteiger partial charge in [-0.3, -0.25) is 9.52 Å². The molecule has 2 N–H and O–H groups in total. The highest BCUT2D eigenvalue weighted by molar-refractivity contribution is 7.92. The van der Waals surface area contributed by atoms with Crippen LogP contribution in [0.25, 0.3) is 0 Å². The van der Waals surface area contributed by atoms with Crippen LogP contribution in [0.5, 0.6) is 5.75 Å². The molecule has 0 unspecified atom stereocenters. The number of carbonyl (C=O) groups excluding carboxylic acids is 1. The molecule has 0 aliphatic rings. The molecular weight excluding hydrogens is 448 g/mol. The molecule has 168 valence electrons. The fourth-order valence-electron chi connectivity index (χ4n) is 3.03. The van der Waals surface area contributed by atoms with Crippen molar-refractivity contribution in [3.63, 3.8) is 0 Å². The Kier molecular flexibility index (Phi) is 7.43. The predicted molar refractivity (Wildman–Crippen MR) is 127 cm³/mol. The average molecular weight is 473 g/mol. The number of rotatable bonds is 8. The van der Waals surface area contributed by atoms with Gasteiger partial charge >= 0.3 is 0 Å². The first-order valence-electron chi connectivity index (χ1n) is 10.0. The average Bonchev–Trinajstić information content (AvgIpc) is 2.75. The van der Waals surface area contributed by atoms with Gasteiger partial charge in [0, 0.05) is 5.02 Å². The second-order valence-electron chi connectivity index (χ2n) is 7.52. The van der Waals surface area contributed by atoms with E-state index in [1.165, 1.54) is 24.3 Å². The largest absolute Gasteiger partial charge is 0.484 e. The van der Waals surface area contributed by atoms with Crippen LogP contribution in [0.4, 0.5) is 5.69 Å². The first-order valence-corrected chi connectivity index (χ1v) is 11.9. The highest BCUT2D eigenvalue weighted by Crippen LogP contribution is 2.23. The normalized spacial score (nSPS) is 12.1. The van der Waals surface area contributed by atoms with Crippen LogP contribution < -0.4 is 14.8 Å². The Labute approximate surface area is 193 Å². The third kappa shape index (κ3) is 6.24. The zero-order valence-electron chi connectivity index (χ0n) is 18.1.